The Morgan fingerprint density at radius 1 is 0.938 bits per heavy atom. The summed E-state index contributed by atoms with van der Waals surface area (Å²) in [6.07, 6.45) is 7.45. The molecule has 10 heteroatoms. The number of piperidine rings is 1. The first-order chi connectivity index (χ1) is 22.9. The number of ether oxygens (including phenoxy) is 1. The van der Waals surface area contributed by atoms with Crippen LogP contribution in [-0.2, 0) is 11.3 Å². The van der Waals surface area contributed by atoms with E-state index in [-0.39, 0.29) is 30.3 Å². The minimum Gasteiger partial charge on any atom is -0.444 e. The summed E-state index contributed by atoms with van der Waals surface area (Å²) in [4.78, 5) is 47.5. The SMILES string of the molecule is CSc1cn(CC2(O)CCN(C(=O)N3CCN(C(=O)OC(C)(C)C)C[C@H]3c3ccccc3)CC23CCCC3)c(=O)cc1-c1ccccc1. The summed E-state index contributed by atoms with van der Waals surface area (Å²) in [6.45, 7) is 7.68. The molecule has 1 saturated carbocycles. The van der Waals surface area contributed by atoms with Gasteiger partial charge >= 0.3 is 12.1 Å². The standard InChI is InChI=1S/C38H48N4O5S/c1-36(2,3)47-35(45)39-21-22-42(31(24-39)29-15-9-6-10-16-29)34(44)40-20-19-38(46,37(26-40)17-11-12-18-37)27-41-25-32(48-4)30(23-33(41)43)28-13-7-5-8-14-28/h5-10,13-16,23,25,31,46H,11-12,17-22,24,26-27H2,1-4H3/t31-,38?/m0/s1. The van der Waals surface area contributed by atoms with Crippen LogP contribution in [-0.4, -0.2) is 86.7 Å². The fourth-order valence-corrected chi connectivity index (χ4v) is 8.50. The van der Waals surface area contributed by atoms with Crippen molar-refractivity contribution >= 4 is 23.9 Å². The van der Waals surface area contributed by atoms with Crippen LogP contribution in [0, 0.1) is 5.41 Å². The molecule has 6 rings (SSSR count). The quantitative estimate of drug-likeness (QED) is 0.305. The molecule has 0 radical (unpaired) electrons. The molecule has 2 aliphatic heterocycles. The predicted molar refractivity (Wildman–Crippen MR) is 189 cm³/mol. The largest absolute Gasteiger partial charge is 0.444 e. The molecular weight excluding hydrogens is 625 g/mol. The number of thioether (sulfide) groups is 1. The number of pyridine rings is 1. The van der Waals surface area contributed by atoms with E-state index in [2.05, 4.69) is 0 Å². The van der Waals surface area contributed by atoms with Gasteiger partial charge in [-0.2, -0.15) is 0 Å². The zero-order chi connectivity index (χ0) is 34.1. The first kappa shape index (κ1) is 34.1. The maximum absolute atomic E-state index is 14.4. The number of aliphatic hydroxyl groups is 1. The Bertz CT molecular complexity index is 1670. The van der Waals surface area contributed by atoms with Gasteiger partial charge < -0.3 is 29.1 Å². The van der Waals surface area contributed by atoms with E-state index in [0.717, 1.165) is 47.3 Å². The number of amides is 3. The van der Waals surface area contributed by atoms with E-state index in [9.17, 15) is 19.5 Å². The Morgan fingerprint density at radius 3 is 2.25 bits per heavy atom. The fraction of sp³-hybridized carbons (Fsp3) is 0.500. The molecule has 3 amide bonds. The normalized spacial score (nSPS) is 22.6. The van der Waals surface area contributed by atoms with E-state index < -0.39 is 16.6 Å². The number of hydrogen-bond acceptors (Lipinski definition) is 6. The average molecular weight is 673 g/mol. The zero-order valence-electron chi connectivity index (χ0n) is 28.6. The van der Waals surface area contributed by atoms with Crippen LogP contribution in [0.2, 0.25) is 0 Å². The molecule has 9 nitrogen and oxygen atoms in total. The highest BCUT2D eigenvalue weighted by atomic mass is 32.2. The van der Waals surface area contributed by atoms with Crippen molar-refractivity contribution in [1.29, 1.82) is 0 Å². The first-order valence-corrected chi connectivity index (χ1v) is 18.3. The number of hydrogen-bond donors (Lipinski definition) is 1. The number of carbonyl (C=O) groups excluding carboxylic acids is 2. The lowest BCUT2D eigenvalue weighted by Gasteiger charge is -2.53. The van der Waals surface area contributed by atoms with Crippen LogP contribution in [0.1, 0.15) is 64.5 Å². The number of likely N-dealkylation sites (tertiary alicyclic amines) is 1. The van der Waals surface area contributed by atoms with E-state index in [1.807, 2.05) is 104 Å². The molecular formula is C38H48N4O5S. The highest BCUT2D eigenvalue weighted by molar-refractivity contribution is 7.98. The van der Waals surface area contributed by atoms with Crippen molar-refractivity contribution in [3.8, 4) is 11.1 Å². The third kappa shape index (κ3) is 6.87. The number of piperazine rings is 1. The highest BCUT2D eigenvalue weighted by Gasteiger charge is 2.56. The molecule has 3 heterocycles. The zero-order valence-corrected chi connectivity index (χ0v) is 29.4. The summed E-state index contributed by atoms with van der Waals surface area (Å²) >= 11 is 1.59. The van der Waals surface area contributed by atoms with Gasteiger partial charge in [-0.25, -0.2) is 9.59 Å². The van der Waals surface area contributed by atoms with E-state index >= 15 is 0 Å². The van der Waals surface area contributed by atoms with Gasteiger partial charge in [-0.15, -0.1) is 11.8 Å². The number of urea groups is 1. The molecule has 2 saturated heterocycles. The van der Waals surface area contributed by atoms with Crippen LogP contribution in [0.3, 0.4) is 0 Å². The molecule has 256 valence electrons. The van der Waals surface area contributed by atoms with Crippen LogP contribution in [0.4, 0.5) is 9.59 Å². The second kappa shape index (κ2) is 13.6. The van der Waals surface area contributed by atoms with Crippen molar-refractivity contribution in [1.82, 2.24) is 19.3 Å². The molecule has 48 heavy (non-hydrogen) atoms. The topological polar surface area (TPSA) is 95.3 Å². The summed E-state index contributed by atoms with van der Waals surface area (Å²) in [7, 11) is 0. The molecule has 0 bridgehead atoms. The molecule has 1 unspecified atom stereocenters. The summed E-state index contributed by atoms with van der Waals surface area (Å²) < 4.78 is 7.36. The second-order valence-corrected chi connectivity index (χ2v) is 15.5. The van der Waals surface area contributed by atoms with Gasteiger partial charge in [0.05, 0.1) is 18.2 Å². The van der Waals surface area contributed by atoms with Gasteiger partial charge in [-0.3, -0.25) is 4.79 Å². The first-order valence-electron chi connectivity index (χ1n) is 17.1. The fourth-order valence-electron chi connectivity index (χ4n) is 7.87. The van der Waals surface area contributed by atoms with Crippen LogP contribution in [0.5, 0.6) is 0 Å². The van der Waals surface area contributed by atoms with Gasteiger partial charge in [0.2, 0.25) is 0 Å². The third-order valence-corrected chi connectivity index (χ3v) is 11.2. The van der Waals surface area contributed by atoms with Crippen molar-refractivity contribution in [2.24, 2.45) is 5.41 Å². The predicted octanol–water partition coefficient (Wildman–Crippen LogP) is 6.65. The van der Waals surface area contributed by atoms with Gasteiger partial charge in [-0.1, -0.05) is 73.5 Å². The molecule has 1 aliphatic carbocycles. The lowest BCUT2D eigenvalue weighted by Crippen LogP contribution is -2.64. The highest BCUT2D eigenvalue weighted by Crippen LogP contribution is 2.52. The second-order valence-electron chi connectivity index (χ2n) is 14.6. The van der Waals surface area contributed by atoms with Crippen LogP contribution in [0.25, 0.3) is 11.1 Å². The Balaban J connectivity index is 1.24. The van der Waals surface area contributed by atoms with Crippen LogP contribution >= 0.6 is 11.8 Å². The molecule has 3 aromatic rings. The maximum Gasteiger partial charge on any atom is 0.410 e. The third-order valence-electron chi connectivity index (χ3n) is 10.4. The van der Waals surface area contributed by atoms with E-state index in [1.165, 1.54) is 0 Å². The van der Waals surface area contributed by atoms with Crippen molar-refractivity contribution in [2.75, 3.05) is 39.0 Å². The lowest BCUT2D eigenvalue weighted by atomic mass is 9.66. The Labute approximate surface area is 287 Å². The van der Waals surface area contributed by atoms with Gasteiger partial charge in [-0.05, 0) is 57.4 Å². The number of carbonyl (C=O) groups is 2. The smallest absolute Gasteiger partial charge is 0.410 e. The minimum absolute atomic E-state index is 0.0740. The maximum atomic E-state index is 14.4. The van der Waals surface area contributed by atoms with E-state index in [1.54, 1.807) is 27.3 Å². The Kier molecular flexibility index (Phi) is 9.69. The van der Waals surface area contributed by atoms with E-state index in [0.29, 0.717) is 39.1 Å². The summed E-state index contributed by atoms with van der Waals surface area (Å²) in [5.74, 6) is 0. The number of benzene rings is 2. The average Bonchev–Trinajstić information content (AvgIpc) is 3.56. The number of aromatic nitrogens is 1. The number of nitrogens with zero attached hydrogens (tertiary/aromatic N) is 4. The van der Waals surface area contributed by atoms with Gasteiger partial charge in [0.1, 0.15) is 5.60 Å². The monoisotopic (exact) mass is 672 g/mol. The molecule has 2 aromatic carbocycles. The van der Waals surface area contributed by atoms with Crippen LogP contribution < -0.4 is 5.56 Å². The van der Waals surface area contributed by atoms with Crippen LogP contribution in [0.15, 0.2) is 82.6 Å². The molecule has 3 fully saturated rings. The molecule has 3 aliphatic rings. The van der Waals surface area contributed by atoms with Gasteiger partial charge in [0.25, 0.3) is 5.56 Å². The van der Waals surface area contributed by atoms with Gasteiger partial charge in [0.15, 0.2) is 0 Å². The lowest BCUT2D eigenvalue weighted by molar-refractivity contribution is -0.137. The molecule has 2 atom stereocenters. The molecule has 1 aromatic heterocycles. The van der Waals surface area contributed by atoms with E-state index in [4.69, 9.17) is 4.74 Å². The molecule has 1 spiro atoms. The van der Waals surface area contributed by atoms with Crippen molar-refractivity contribution in [2.45, 2.75) is 81.6 Å². The number of rotatable bonds is 5. The van der Waals surface area contributed by atoms with Crippen molar-refractivity contribution < 1.29 is 19.4 Å². The summed E-state index contributed by atoms with van der Waals surface area (Å²) in [6, 6.07) is 21.1. The summed E-state index contributed by atoms with van der Waals surface area (Å²) in [5.41, 5.74) is 0.447. The Morgan fingerprint density at radius 2 is 1.60 bits per heavy atom. The van der Waals surface area contributed by atoms with Crippen molar-refractivity contribution in [3.63, 3.8) is 0 Å². The summed E-state index contributed by atoms with van der Waals surface area (Å²) in [5, 5.41) is 12.5. The van der Waals surface area contributed by atoms with Crippen molar-refractivity contribution in [3.05, 3.63) is 88.8 Å². The van der Waals surface area contributed by atoms with Gasteiger partial charge in [0, 0.05) is 60.9 Å². The minimum atomic E-state index is -1.14. The Hall–Kier alpha value is -3.76. The molecule has 1 N–H and O–H groups in total.